The SMILES string of the molecule is O=c1n(CCOc2ccc(Br)cc2)nc2n1CCCC2. The third kappa shape index (κ3) is 2.80. The Labute approximate surface area is 125 Å². The van der Waals surface area contributed by atoms with E-state index in [1.165, 1.54) is 4.68 Å². The maximum Gasteiger partial charge on any atom is 0.346 e. The minimum Gasteiger partial charge on any atom is -0.492 e. The van der Waals surface area contributed by atoms with Crippen molar-refractivity contribution in [3.05, 3.63) is 45.0 Å². The van der Waals surface area contributed by atoms with E-state index < -0.39 is 0 Å². The van der Waals surface area contributed by atoms with Crippen molar-refractivity contribution in [3.63, 3.8) is 0 Å². The van der Waals surface area contributed by atoms with Gasteiger partial charge < -0.3 is 4.74 Å². The molecule has 0 spiro atoms. The average Bonchev–Trinajstić information content (AvgIpc) is 2.78. The maximum atomic E-state index is 12.1. The molecule has 2 aromatic rings. The number of aryl methyl sites for hydroxylation is 1. The van der Waals surface area contributed by atoms with Crippen LogP contribution in [0.5, 0.6) is 5.75 Å². The van der Waals surface area contributed by atoms with Gasteiger partial charge in [0.15, 0.2) is 0 Å². The molecule has 5 nitrogen and oxygen atoms in total. The summed E-state index contributed by atoms with van der Waals surface area (Å²) in [6, 6.07) is 7.64. The van der Waals surface area contributed by atoms with Crippen LogP contribution >= 0.6 is 15.9 Å². The van der Waals surface area contributed by atoms with Gasteiger partial charge in [0.1, 0.15) is 18.2 Å². The van der Waals surface area contributed by atoms with Crippen LogP contribution in [0.15, 0.2) is 33.5 Å². The first-order chi connectivity index (χ1) is 9.74. The van der Waals surface area contributed by atoms with Crippen LogP contribution in [0.1, 0.15) is 18.7 Å². The quantitative estimate of drug-likeness (QED) is 0.859. The normalized spacial score (nSPS) is 14.1. The standard InChI is InChI=1S/C14H16BrN3O2/c15-11-4-6-12(7-5-11)20-10-9-18-14(19)17-8-2-1-3-13(17)16-18/h4-7H,1-3,8-10H2. The zero-order valence-corrected chi connectivity index (χ0v) is 12.7. The molecule has 1 aromatic heterocycles. The minimum absolute atomic E-state index is 0.0147. The predicted octanol–water partition coefficient (Wildman–Crippen LogP) is 2.22. The fourth-order valence-electron chi connectivity index (χ4n) is 2.37. The van der Waals surface area contributed by atoms with E-state index in [-0.39, 0.29) is 5.69 Å². The van der Waals surface area contributed by atoms with Crippen LogP contribution in [-0.2, 0) is 19.5 Å². The molecule has 0 saturated heterocycles. The van der Waals surface area contributed by atoms with Gasteiger partial charge in [-0.2, -0.15) is 5.10 Å². The van der Waals surface area contributed by atoms with E-state index in [0.717, 1.165) is 41.9 Å². The van der Waals surface area contributed by atoms with Crippen molar-refractivity contribution < 1.29 is 4.74 Å². The molecule has 20 heavy (non-hydrogen) atoms. The van der Waals surface area contributed by atoms with Gasteiger partial charge in [-0.15, -0.1) is 0 Å². The monoisotopic (exact) mass is 337 g/mol. The third-order valence-electron chi connectivity index (χ3n) is 3.42. The summed E-state index contributed by atoms with van der Waals surface area (Å²) in [5.41, 5.74) is -0.0147. The van der Waals surface area contributed by atoms with Gasteiger partial charge in [-0.3, -0.25) is 4.57 Å². The lowest BCUT2D eigenvalue weighted by Crippen LogP contribution is -2.28. The zero-order valence-electron chi connectivity index (χ0n) is 11.1. The molecule has 0 fully saturated rings. The summed E-state index contributed by atoms with van der Waals surface area (Å²) in [4.78, 5) is 12.1. The van der Waals surface area contributed by atoms with Crippen LogP contribution < -0.4 is 10.4 Å². The Kier molecular flexibility index (Phi) is 3.91. The van der Waals surface area contributed by atoms with Gasteiger partial charge >= 0.3 is 5.69 Å². The summed E-state index contributed by atoms with van der Waals surface area (Å²) in [6.07, 6.45) is 3.08. The number of halogens is 1. The Morgan fingerprint density at radius 2 is 2.05 bits per heavy atom. The van der Waals surface area contributed by atoms with Crippen LogP contribution in [0.25, 0.3) is 0 Å². The summed E-state index contributed by atoms with van der Waals surface area (Å²) >= 11 is 3.38. The number of aromatic nitrogens is 3. The summed E-state index contributed by atoms with van der Waals surface area (Å²) in [5, 5.41) is 4.38. The van der Waals surface area contributed by atoms with Crippen LogP contribution in [0, 0.1) is 0 Å². The Morgan fingerprint density at radius 1 is 1.25 bits per heavy atom. The highest BCUT2D eigenvalue weighted by Gasteiger charge is 2.16. The molecule has 2 heterocycles. The molecule has 0 aliphatic carbocycles. The van der Waals surface area contributed by atoms with Gasteiger partial charge in [0.25, 0.3) is 0 Å². The van der Waals surface area contributed by atoms with Crippen molar-refractivity contribution in [2.24, 2.45) is 0 Å². The van der Waals surface area contributed by atoms with E-state index in [1.54, 1.807) is 4.57 Å². The number of hydrogen-bond acceptors (Lipinski definition) is 3. The number of nitrogens with zero attached hydrogens (tertiary/aromatic N) is 3. The van der Waals surface area contributed by atoms with Crippen molar-refractivity contribution in [1.29, 1.82) is 0 Å². The summed E-state index contributed by atoms with van der Waals surface area (Å²) in [7, 11) is 0. The lowest BCUT2D eigenvalue weighted by Gasteiger charge is -2.09. The van der Waals surface area contributed by atoms with Crippen LogP contribution in [0.3, 0.4) is 0 Å². The molecule has 1 aliphatic heterocycles. The first kappa shape index (κ1) is 13.4. The number of rotatable bonds is 4. The van der Waals surface area contributed by atoms with Crippen LogP contribution in [0.2, 0.25) is 0 Å². The van der Waals surface area contributed by atoms with Gasteiger partial charge in [0.2, 0.25) is 0 Å². The van der Waals surface area contributed by atoms with E-state index in [0.29, 0.717) is 13.2 Å². The first-order valence-electron chi connectivity index (χ1n) is 6.79. The van der Waals surface area contributed by atoms with Crippen molar-refractivity contribution in [2.45, 2.75) is 32.4 Å². The molecule has 1 aliphatic rings. The predicted molar refractivity (Wildman–Crippen MR) is 79.1 cm³/mol. The number of hydrogen-bond donors (Lipinski definition) is 0. The highest BCUT2D eigenvalue weighted by molar-refractivity contribution is 9.10. The second-order valence-electron chi connectivity index (χ2n) is 4.83. The zero-order chi connectivity index (χ0) is 13.9. The van der Waals surface area contributed by atoms with Gasteiger partial charge in [-0.25, -0.2) is 9.48 Å². The summed E-state index contributed by atoms with van der Waals surface area (Å²) in [6.45, 7) is 1.72. The molecule has 1 aromatic carbocycles. The van der Waals surface area contributed by atoms with Crippen LogP contribution in [-0.4, -0.2) is 21.0 Å². The molecule has 0 atom stereocenters. The molecule has 0 amide bonds. The molecule has 6 heteroatoms. The number of ether oxygens (including phenoxy) is 1. The maximum absolute atomic E-state index is 12.1. The lowest BCUT2D eigenvalue weighted by atomic mass is 10.2. The van der Waals surface area contributed by atoms with E-state index in [4.69, 9.17) is 4.74 Å². The van der Waals surface area contributed by atoms with Gasteiger partial charge in [-0.05, 0) is 37.1 Å². The Morgan fingerprint density at radius 3 is 2.80 bits per heavy atom. The van der Waals surface area contributed by atoms with Gasteiger partial charge in [0, 0.05) is 17.4 Å². The fourth-order valence-corrected chi connectivity index (χ4v) is 2.64. The molecular weight excluding hydrogens is 322 g/mol. The summed E-state index contributed by atoms with van der Waals surface area (Å²) in [5.74, 6) is 1.70. The van der Waals surface area contributed by atoms with Crippen molar-refractivity contribution >= 4 is 15.9 Å². The molecule has 0 saturated carbocycles. The second-order valence-corrected chi connectivity index (χ2v) is 5.75. The fraction of sp³-hybridized carbons (Fsp3) is 0.429. The number of fused-ring (bicyclic) bond motifs is 1. The average molecular weight is 338 g/mol. The van der Waals surface area contributed by atoms with Crippen molar-refractivity contribution in [2.75, 3.05) is 6.61 Å². The van der Waals surface area contributed by atoms with E-state index in [1.807, 2.05) is 24.3 Å². The molecular formula is C14H16BrN3O2. The van der Waals surface area contributed by atoms with E-state index in [2.05, 4.69) is 21.0 Å². The largest absolute Gasteiger partial charge is 0.492 e. The number of benzene rings is 1. The third-order valence-corrected chi connectivity index (χ3v) is 3.95. The van der Waals surface area contributed by atoms with E-state index >= 15 is 0 Å². The Balaban J connectivity index is 1.63. The van der Waals surface area contributed by atoms with Crippen molar-refractivity contribution in [3.8, 4) is 5.75 Å². The summed E-state index contributed by atoms with van der Waals surface area (Å²) < 4.78 is 9.93. The van der Waals surface area contributed by atoms with Gasteiger partial charge in [0.05, 0.1) is 6.54 Å². The van der Waals surface area contributed by atoms with Crippen molar-refractivity contribution in [1.82, 2.24) is 14.3 Å². The molecule has 0 radical (unpaired) electrons. The smallest absolute Gasteiger partial charge is 0.346 e. The molecule has 0 bridgehead atoms. The topological polar surface area (TPSA) is 49.1 Å². The van der Waals surface area contributed by atoms with E-state index in [9.17, 15) is 4.79 Å². The molecule has 106 valence electrons. The second kappa shape index (κ2) is 5.83. The molecule has 0 N–H and O–H groups in total. The Bertz CT molecular complexity index is 645. The minimum atomic E-state index is -0.0147. The molecule has 3 rings (SSSR count). The first-order valence-corrected chi connectivity index (χ1v) is 7.58. The van der Waals surface area contributed by atoms with Gasteiger partial charge in [-0.1, -0.05) is 15.9 Å². The highest BCUT2D eigenvalue weighted by atomic mass is 79.9. The molecule has 0 unspecified atom stereocenters. The highest BCUT2D eigenvalue weighted by Crippen LogP contribution is 2.16. The van der Waals surface area contributed by atoms with Crippen LogP contribution in [0.4, 0.5) is 0 Å². The lowest BCUT2D eigenvalue weighted by molar-refractivity contribution is 0.288. The Hall–Kier alpha value is -1.56.